The largest absolute Gasteiger partial charge is 0.480 e. The van der Waals surface area contributed by atoms with Crippen molar-refractivity contribution in [3.05, 3.63) is 52.1 Å². The van der Waals surface area contributed by atoms with Crippen LogP contribution in [0.1, 0.15) is 74.3 Å². The molecule has 6 N–H and O–H groups in total. The number of unbranched alkanes of at least 4 members (excludes halogenated alkanes) is 3. The fourth-order valence-corrected chi connectivity index (χ4v) is 4.44. The number of anilines is 2. The molecular weight excluding hydrogens is 610 g/mol. The fourth-order valence-electron chi connectivity index (χ4n) is 4.44. The first-order valence-electron chi connectivity index (χ1n) is 15.9. The van der Waals surface area contributed by atoms with Gasteiger partial charge in [0.25, 0.3) is 11.5 Å². The molecule has 15 heteroatoms. The van der Waals surface area contributed by atoms with Gasteiger partial charge in [-0.2, -0.15) is 4.98 Å². The summed E-state index contributed by atoms with van der Waals surface area (Å²) in [5, 5.41) is 15.2. The minimum Gasteiger partial charge on any atom is -0.480 e. The number of nitrogen functional groups attached to an aromatic ring is 1. The van der Waals surface area contributed by atoms with Gasteiger partial charge in [-0.15, -0.1) is 0 Å². The predicted octanol–water partition coefficient (Wildman–Crippen LogP) is 2.85. The van der Waals surface area contributed by atoms with E-state index in [0.717, 1.165) is 13.0 Å². The summed E-state index contributed by atoms with van der Waals surface area (Å²) in [5.74, 6) is -1.89. The van der Waals surface area contributed by atoms with E-state index in [1.165, 1.54) is 19.0 Å². The molecule has 0 radical (unpaired) electrons. The molecule has 0 saturated heterocycles. The van der Waals surface area contributed by atoms with Gasteiger partial charge in [0.2, 0.25) is 5.95 Å². The number of ketones is 1. The third kappa shape index (κ3) is 13.8. The smallest absolute Gasteiger partial charge is 0.326 e. The molecule has 0 fully saturated rings. The van der Waals surface area contributed by atoms with Gasteiger partial charge in [0.15, 0.2) is 11.2 Å². The maximum Gasteiger partial charge on any atom is 0.326 e. The number of carbonyl (C=O) groups is 3. The molecule has 1 atom stereocenters. The summed E-state index contributed by atoms with van der Waals surface area (Å²) in [7, 11) is 0. The van der Waals surface area contributed by atoms with Crippen LogP contribution in [0.3, 0.4) is 0 Å². The molecule has 0 spiro atoms. The van der Waals surface area contributed by atoms with Crippen LogP contribution in [0.15, 0.2) is 35.3 Å². The number of nitrogens with zero attached hydrogens (tertiary/aromatic N) is 3. The predicted molar refractivity (Wildman–Crippen MR) is 175 cm³/mol. The van der Waals surface area contributed by atoms with E-state index in [2.05, 4.69) is 37.5 Å². The van der Waals surface area contributed by atoms with Crippen molar-refractivity contribution < 1.29 is 33.7 Å². The van der Waals surface area contributed by atoms with Gasteiger partial charge in [0, 0.05) is 37.3 Å². The number of Topliss-reactive ketones (excluding diaryl/α,β-unsaturated/α-hetero) is 1. The van der Waals surface area contributed by atoms with Crippen molar-refractivity contribution in [2.75, 3.05) is 50.7 Å². The normalized spacial score (nSPS) is 11.8. The number of hydrogen-bond acceptors (Lipinski definition) is 12. The molecule has 3 aromatic rings. The number of carboxylic acid groups (broad SMARTS) is 1. The number of carboxylic acids is 1. The van der Waals surface area contributed by atoms with Crippen LogP contribution in [0.2, 0.25) is 0 Å². The van der Waals surface area contributed by atoms with E-state index in [1.807, 2.05) is 0 Å². The zero-order chi connectivity index (χ0) is 33.9. The number of amides is 1. The summed E-state index contributed by atoms with van der Waals surface area (Å²) >= 11 is 0. The number of H-pyrrole nitrogens is 1. The van der Waals surface area contributed by atoms with Crippen molar-refractivity contribution >= 4 is 40.5 Å². The zero-order valence-corrected chi connectivity index (χ0v) is 26.8. The van der Waals surface area contributed by atoms with Crippen molar-refractivity contribution in [2.45, 2.75) is 70.9 Å². The summed E-state index contributed by atoms with van der Waals surface area (Å²) in [4.78, 5) is 63.5. The first-order valence-corrected chi connectivity index (χ1v) is 15.9. The molecule has 0 aliphatic rings. The Kier molecular flexibility index (Phi) is 16.2. The Labute approximate surface area is 273 Å². The number of aromatic amines is 1. The number of nitrogens with two attached hydrogens (primary N) is 1. The molecule has 0 bridgehead atoms. The number of benzene rings is 1. The average Bonchev–Trinajstić information content (AvgIpc) is 3.05. The van der Waals surface area contributed by atoms with Crippen LogP contribution in [-0.2, 0) is 30.3 Å². The third-order valence-corrected chi connectivity index (χ3v) is 7.05. The minimum absolute atomic E-state index is 0.00650. The number of fused-ring (bicyclic) bond motifs is 1. The van der Waals surface area contributed by atoms with Crippen LogP contribution in [0.5, 0.6) is 0 Å². The van der Waals surface area contributed by atoms with Gasteiger partial charge in [0.05, 0.1) is 44.9 Å². The minimum atomic E-state index is -1.21. The highest BCUT2D eigenvalue weighted by Gasteiger charge is 2.21. The second-order valence-corrected chi connectivity index (χ2v) is 10.9. The van der Waals surface area contributed by atoms with E-state index in [-0.39, 0.29) is 47.8 Å². The van der Waals surface area contributed by atoms with Gasteiger partial charge in [-0.25, -0.2) is 14.8 Å². The van der Waals surface area contributed by atoms with E-state index in [9.17, 15) is 24.3 Å². The van der Waals surface area contributed by atoms with Crippen LogP contribution in [0.4, 0.5) is 11.6 Å². The lowest BCUT2D eigenvalue weighted by molar-refractivity contribution is -0.139. The Morgan fingerprint density at radius 1 is 0.915 bits per heavy atom. The van der Waals surface area contributed by atoms with Crippen LogP contribution >= 0.6 is 0 Å². The molecule has 0 unspecified atom stereocenters. The lowest BCUT2D eigenvalue weighted by atomic mass is 10.0. The standard InChI is InChI=1S/C32H45N7O8/c1-2-3-5-14-45-16-18-47-19-17-46-15-6-4-7-25(40)12-13-26(31(43)44)37-29(41)22-8-10-23(11-9-22)34-20-24-21-35-28-27(36-24)30(42)39-32(33)38-28/h8-11,21,26,34H,2-7,12-20H2,1H3,(H,37,41)(H,43,44)(H3,33,35,38,39,42)/t26-/m0/s1. The number of carbonyl (C=O) groups excluding carboxylic acids is 2. The molecule has 2 aromatic heterocycles. The number of aromatic nitrogens is 4. The summed E-state index contributed by atoms with van der Waals surface area (Å²) in [6.45, 7) is 5.75. The van der Waals surface area contributed by atoms with Crippen molar-refractivity contribution in [1.29, 1.82) is 0 Å². The number of hydrogen-bond donors (Lipinski definition) is 5. The first kappa shape index (κ1) is 37.0. The summed E-state index contributed by atoms with van der Waals surface area (Å²) in [6.07, 6.45) is 6.58. The number of rotatable bonds is 24. The maximum atomic E-state index is 12.7. The van der Waals surface area contributed by atoms with Crippen LogP contribution in [0.25, 0.3) is 11.2 Å². The van der Waals surface area contributed by atoms with E-state index in [1.54, 1.807) is 24.3 Å². The van der Waals surface area contributed by atoms with Crippen molar-refractivity contribution in [1.82, 2.24) is 25.3 Å². The molecular formula is C32H45N7O8. The summed E-state index contributed by atoms with van der Waals surface area (Å²) < 4.78 is 16.5. The topological polar surface area (TPSA) is 221 Å². The highest BCUT2D eigenvalue weighted by molar-refractivity contribution is 5.97. The molecule has 256 valence electrons. The molecule has 1 amide bonds. The highest BCUT2D eigenvalue weighted by atomic mass is 16.5. The van der Waals surface area contributed by atoms with Crippen LogP contribution in [0, 0.1) is 0 Å². The van der Waals surface area contributed by atoms with Gasteiger partial charge in [0.1, 0.15) is 11.8 Å². The molecule has 47 heavy (non-hydrogen) atoms. The third-order valence-electron chi connectivity index (χ3n) is 7.05. The van der Waals surface area contributed by atoms with E-state index < -0.39 is 23.5 Å². The second-order valence-electron chi connectivity index (χ2n) is 10.9. The zero-order valence-electron chi connectivity index (χ0n) is 26.8. The number of nitrogens with one attached hydrogen (secondary N) is 3. The molecule has 1 aromatic carbocycles. The van der Waals surface area contributed by atoms with Gasteiger partial charge in [-0.3, -0.25) is 19.4 Å². The Balaban J connectivity index is 1.29. The van der Waals surface area contributed by atoms with Crippen molar-refractivity contribution in [3.63, 3.8) is 0 Å². The number of aliphatic carboxylic acids is 1. The quantitative estimate of drug-likeness (QED) is 0.0877. The molecule has 0 saturated carbocycles. The molecule has 0 aliphatic carbocycles. The Hall–Kier alpha value is -4.47. The lowest BCUT2D eigenvalue weighted by Crippen LogP contribution is -2.41. The van der Waals surface area contributed by atoms with E-state index >= 15 is 0 Å². The lowest BCUT2D eigenvalue weighted by Gasteiger charge is -2.14. The summed E-state index contributed by atoms with van der Waals surface area (Å²) in [5.41, 5.74) is 6.65. The van der Waals surface area contributed by atoms with Gasteiger partial charge < -0.3 is 35.7 Å². The van der Waals surface area contributed by atoms with Gasteiger partial charge in [-0.1, -0.05) is 19.8 Å². The van der Waals surface area contributed by atoms with E-state index in [4.69, 9.17) is 19.9 Å². The molecule has 3 rings (SSSR count). The molecule has 2 heterocycles. The highest BCUT2D eigenvalue weighted by Crippen LogP contribution is 2.13. The van der Waals surface area contributed by atoms with Crippen molar-refractivity contribution in [3.8, 4) is 0 Å². The fraction of sp³-hybridized carbons (Fsp3) is 0.531. The average molecular weight is 656 g/mol. The van der Waals surface area contributed by atoms with Crippen LogP contribution in [-0.4, -0.2) is 88.4 Å². The van der Waals surface area contributed by atoms with Crippen LogP contribution < -0.4 is 21.9 Å². The Morgan fingerprint density at radius 2 is 1.57 bits per heavy atom. The SMILES string of the molecule is CCCCCOCCOCCOCCCCC(=O)CC[C@H](NC(=O)c1ccc(NCc2cnc3nc(N)[nH]c(=O)c3n2)cc1)C(=O)O. The van der Waals surface area contributed by atoms with Gasteiger partial charge >= 0.3 is 5.97 Å². The first-order chi connectivity index (χ1) is 22.8. The molecule has 0 aliphatic heterocycles. The Morgan fingerprint density at radius 3 is 2.23 bits per heavy atom. The maximum absolute atomic E-state index is 12.7. The summed E-state index contributed by atoms with van der Waals surface area (Å²) in [6, 6.07) is 5.20. The second kappa shape index (κ2) is 20.6. The monoisotopic (exact) mass is 655 g/mol. The number of ether oxygens (including phenoxy) is 3. The Bertz CT molecular complexity index is 1480. The molecule has 15 nitrogen and oxygen atoms in total. The van der Waals surface area contributed by atoms with Crippen molar-refractivity contribution in [2.24, 2.45) is 0 Å². The van der Waals surface area contributed by atoms with E-state index in [0.29, 0.717) is 63.7 Å². The van der Waals surface area contributed by atoms with Gasteiger partial charge in [-0.05, 0) is 49.9 Å².